The largest absolute Gasteiger partial charge is 0.496 e. The Bertz CT molecular complexity index is 1090. The smallest absolute Gasteiger partial charge is 0.262 e. The van der Waals surface area contributed by atoms with E-state index >= 15 is 0 Å². The lowest BCUT2D eigenvalue weighted by Gasteiger charge is -2.22. The summed E-state index contributed by atoms with van der Waals surface area (Å²) in [5.41, 5.74) is 1.04. The van der Waals surface area contributed by atoms with Crippen molar-refractivity contribution in [2.75, 3.05) is 32.6 Å². The SMILES string of the molecule is COc1ccccc1CNC(=O)CN(C)S(=O)(=O)c1cc2c(cc1Cl)NC(=O)CO2. The molecule has 0 saturated heterocycles. The van der Waals surface area contributed by atoms with Crippen molar-refractivity contribution in [3.63, 3.8) is 0 Å². The number of fused-ring (bicyclic) bond motifs is 1. The Labute approximate surface area is 179 Å². The molecule has 160 valence electrons. The van der Waals surface area contributed by atoms with Crippen LogP contribution in [-0.2, 0) is 26.2 Å². The molecule has 0 atom stereocenters. The maximum Gasteiger partial charge on any atom is 0.262 e. The highest BCUT2D eigenvalue weighted by atomic mass is 35.5. The average Bonchev–Trinajstić information content (AvgIpc) is 2.71. The minimum atomic E-state index is -4.08. The zero-order chi connectivity index (χ0) is 21.9. The second-order valence-electron chi connectivity index (χ2n) is 6.47. The molecule has 0 fully saturated rings. The molecule has 1 heterocycles. The molecule has 0 saturated carbocycles. The van der Waals surface area contributed by atoms with Gasteiger partial charge in [0.2, 0.25) is 15.9 Å². The van der Waals surface area contributed by atoms with E-state index in [0.717, 1.165) is 9.87 Å². The predicted octanol–water partition coefficient (Wildman–Crippen LogP) is 1.62. The van der Waals surface area contributed by atoms with Gasteiger partial charge in [0.1, 0.15) is 16.4 Å². The van der Waals surface area contributed by atoms with Gasteiger partial charge < -0.3 is 20.1 Å². The molecule has 9 nitrogen and oxygen atoms in total. The average molecular weight is 454 g/mol. The number of benzene rings is 2. The van der Waals surface area contributed by atoms with E-state index in [9.17, 15) is 18.0 Å². The number of hydrogen-bond acceptors (Lipinski definition) is 6. The summed E-state index contributed by atoms with van der Waals surface area (Å²) in [6.07, 6.45) is 0. The van der Waals surface area contributed by atoms with Crippen molar-refractivity contribution in [2.45, 2.75) is 11.4 Å². The molecular formula is C19H20ClN3O6S. The molecule has 0 aromatic heterocycles. The summed E-state index contributed by atoms with van der Waals surface area (Å²) < 4.78 is 37.2. The molecule has 0 unspecified atom stereocenters. The molecule has 1 aliphatic heterocycles. The summed E-state index contributed by atoms with van der Waals surface area (Å²) in [5, 5.41) is 5.12. The zero-order valence-electron chi connectivity index (χ0n) is 16.3. The number of amides is 2. The molecule has 2 amide bonds. The number of methoxy groups -OCH3 is 1. The van der Waals surface area contributed by atoms with Gasteiger partial charge in [0.05, 0.1) is 24.4 Å². The second kappa shape index (κ2) is 8.90. The first-order valence-corrected chi connectivity index (χ1v) is 10.7. The van der Waals surface area contributed by atoms with Crippen molar-refractivity contribution in [3.8, 4) is 11.5 Å². The summed E-state index contributed by atoms with van der Waals surface area (Å²) in [6.45, 7) is -0.457. The third-order valence-corrected chi connectivity index (χ3v) is 6.66. The van der Waals surface area contributed by atoms with Crippen LogP contribution in [0.15, 0.2) is 41.3 Å². The number of carbonyl (C=O) groups excluding carboxylic acids is 2. The van der Waals surface area contributed by atoms with E-state index in [4.69, 9.17) is 21.1 Å². The number of rotatable bonds is 7. The Hall–Kier alpha value is -2.82. The van der Waals surface area contributed by atoms with Crippen LogP contribution in [0.5, 0.6) is 11.5 Å². The fraction of sp³-hybridized carbons (Fsp3) is 0.263. The number of halogens is 1. The minimum Gasteiger partial charge on any atom is -0.496 e. The van der Waals surface area contributed by atoms with Crippen molar-refractivity contribution in [1.29, 1.82) is 0 Å². The van der Waals surface area contributed by atoms with Gasteiger partial charge in [-0.1, -0.05) is 29.8 Å². The molecule has 1 aliphatic rings. The van der Waals surface area contributed by atoms with E-state index in [1.165, 1.54) is 26.3 Å². The fourth-order valence-electron chi connectivity index (χ4n) is 2.83. The van der Waals surface area contributed by atoms with Gasteiger partial charge >= 0.3 is 0 Å². The monoisotopic (exact) mass is 453 g/mol. The summed E-state index contributed by atoms with van der Waals surface area (Å²) in [6, 6.07) is 9.71. The van der Waals surface area contributed by atoms with Gasteiger partial charge in [0.15, 0.2) is 6.61 Å². The van der Waals surface area contributed by atoms with E-state index < -0.39 is 22.5 Å². The lowest BCUT2D eigenvalue weighted by atomic mass is 10.2. The number of anilines is 1. The molecule has 0 bridgehead atoms. The van der Waals surface area contributed by atoms with Crippen LogP contribution in [-0.4, -0.2) is 51.8 Å². The highest BCUT2D eigenvalue weighted by molar-refractivity contribution is 7.89. The first-order valence-electron chi connectivity index (χ1n) is 8.83. The molecule has 0 spiro atoms. The van der Waals surface area contributed by atoms with Gasteiger partial charge in [0, 0.05) is 25.2 Å². The summed E-state index contributed by atoms with van der Waals surface area (Å²) >= 11 is 6.12. The number of ether oxygens (including phenoxy) is 2. The van der Waals surface area contributed by atoms with Gasteiger partial charge in [-0.05, 0) is 12.1 Å². The fourth-order valence-corrected chi connectivity index (χ4v) is 4.47. The maximum absolute atomic E-state index is 12.9. The third-order valence-electron chi connectivity index (χ3n) is 4.39. The van der Waals surface area contributed by atoms with E-state index in [0.29, 0.717) is 5.75 Å². The van der Waals surface area contributed by atoms with Crippen molar-refractivity contribution < 1.29 is 27.5 Å². The Kier molecular flexibility index (Phi) is 6.49. The van der Waals surface area contributed by atoms with Crippen LogP contribution in [0.2, 0.25) is 5.02 Å². The van der Waals surface area contributed by atoms with E-state index in [1.54, 1.807) is 12.1 Å². The number of likely N-dealkylation sites (N-methyl/N-ethyl adjacent to an activating group) is 1. The molecule has 2 aromatic rings. The van der Waals surface area contributed by atoms with Crippen molar-refractivity contribution >= 4 is 39.1 Å². The van der Waals surface area contributed by atoms with Crippen LogP contribution in [0, 0.1) is 0 Å². The Morgan fingerprint density at radius 1 is 1.33 bits per heavy atom. The highest BCUT2D eigenvalue weighted by Crippen LogP contribution is 2.36. The summed E-state index contributed by atoms with van der Waals surface area (Å²) in [7, 11) is -1.28. The van der Waals surface area contributed by atoms with E-state index in [2.05, 4.69) is 10.6 Å². The van der Waals surface area contributed by atoms with Gasteiger partial charge in [-0.3, -0.25) is 9.59 Å². The summed E-state index contributed by atoms with van der Waals surface area (Å²) in [5.74, 6) is -0.0547. The molecule has 11 heteroatoms. The molecule has 30 heavy (non-hydrogen) atoms. The van der Waals surface area contributed by atoms with Crippen LogP contribution in [0.1, 0.15) is 5.56 Å². The van der Waals surface area contributed by atoms with E-state index in [-0.39, 0.29) is 40.4 Å². The highest BCUT2D eigenvalue weighted by Gasteiger charge is 2.28. The Balaban J connectivity index is 1.70. The lowest BCUT2D eigenvalue weighted by molar-refractivity contribution is -0.121. The van der Waals surface area contributed by atoms with Crippen molar-refractivity contribution in [2.24, 2.45) is 0 Å². The van der Waals surface area contributed by atoms with Crippen LogP contribution >= 0.6 is 11.6 Å². The first kappa shape index (κ1) is 21.9. The minimum absolute atomic E-state index is 0.0965. The third kappa shape index (κ3) is 4.66. The second-order valence-corrected chi connectivity index (χ2v) is 8.89. The molecule has 3 rings (SSSR count). The molecule has 0 radical (unpaired) electrons. The maximum atomic E-state index is 12.9. The molecular weight excluding hydrogens is 434 g/mol. The summed E-state index contributed by atoms with van der Waals surface area (Å²) in [4.78, 5) is 23.5. The van der Waals surface area contributed by atoms with Gasteiger partial charge in [-0.2, -0.15) is 4.31 Å². The Morgan fingerprint density at radius 3 is 2.80 bits per heavy atom. The number of hydrogen-bond donors (Lipinski definition) is 2. The Morgan fingerprint density at radius 2 is 2.07 bits per heavy atom. The van der Waals surface area contributed by atoms with Crippen LogP contribution in [0.25, 0.3) is 0 Å². The number of nitrogens with zero attached hydrogens (tertiary/aromatic N) is 1. The van der Waals surface area contributed by atoms with Crippen molar-refractivity contribution in [3.05, 3.63) is 47.0 Å². The topological polar surface area (TPSA) is 114 Å². The van der Waals surface area contributed by atoms with Crippen LogP contribution in [0.3, 0.4) is 0 Å². The number of carbonyl (C=O) groups is 2. The number of para-hydroxylation sites is 1. The standard InChI is InChI=1S/C19H20ClN3O6S/c1-23(10-18(24)21-9-12-5-3-4-6-15(12)28-2)30(26,27)17-8-16-14(7-13(17)20)22-19(25)11-29-16/h3-8H,9-11H2,1-2H3,(H,21,24)(H,22,25). The predicted molar refractivity (Wildman–Crippen MR) is 110 cm³/mol. The normalized spacial score (nSPS) is 13.3. The quantitative estimate of drug-likeness (QED) is 0.658. The lowest BCUT2D eigenvalue weighted by Crippen LogP contribution is -2.38. The molecule has 0 aliphatic carbocycles. The van der Waals surface area contributed by atoms with Gasteiger partial charge in [0.25, 0.3) is 5.91 Å². The molecule has 2 aromatic carbocycles. The first-order chi connectivity index (χ1) is 14.2. The van der Waals surface area contributed by atoms with Crippen molar-refractivity contribution in [1.82, 2.24) is 9.62 Å². The van der Waals surface area contributed by atoms with Crippen LogP contribution in [0.4, 0.5) is 5.69 Å². The number of sulfonamides is 1. The number of nitrogens with one attached hydrogen (secondary N) is 2. The van der Waals surface area contributed by atoms with Gasteiger partial charge in [-0.25, -0.2) is 8.42 Å². The van der Waals surface area contributed by atoms with E-state index in [1.807, 2.05) is 12.1 Å². The van der Waals surface area contributed by atoms with Crippen LogP contribution < -0.4 is 20.1 Å². The molecule has 2 N–H and O–H groups in total. The van der Waals surface area contributed by atoms with Gasteiger partial charge in [-0.15, -0.1) is 0 Å². The zero-order valence-corrected chi connectivity index (χ0v) is 17.8.